The van der Waals surface area contributed by atoms with Crippen LogP contribution in [0.3, 0.4) is 0 Å². The van der Waals surface area contributed by atoms with E-state index in [1.807, 2.05) is 34.6 Å². The van der Waals surface area contributed by atoms with Gasteiger partial charge in [0.1, 0.15) is 6.10 Å². The number of hydrogen-bond acceptors (Lipinski definition) is 8. The molecule has 0 radical (unpaired) electrons. The van der Waals surface area contributed by atoms with Gasteiger partial charge in [0.2, 0.25) is 0 Å². The molecule has 0 aliphatic carbocycles. The smallest absolute Gasteiger partial charge is 0.306 e. The van der Waals surface area contributed by atoms with Crippen LogP contribution in [0.4, 0.5) is 0 Å². The van der Waals surface area contributed by atoms with Crippen molar-refractivity contribution in [3.8, 4) is 0 Å². The highest BCUT2D eigenvalue weighted by molar-refractivity contribution is 5.69. The van der Waals surface area contributed by atoms with E-state index in [0.29, 0.717) is 58.7 Å². The fourth-order valence-electron chi connectivity index (χ4n) is 7.92. The van der Waals surface area contributed by atoms with Crippen molar-refractivity contribution < 1.29 is 38.3 Å². The normalized spacial score (nSPS) is 20.5. The zero-order valence-electron chi connectivity index (χ0n) is 35.9. The number of unbranched alkanes of at least 4 members (excludes halogenated alkanes) is 8. The first kappa shape index (κ1) is 48.2. The van der Waals surface area contributed by atoms with Gasteiger partial charge < -0.3 is 33.5 Å². The lowest BCUT2D eigenvalue weighted by atomic mass is 9.65. The molecule has 0 bridgehead atoms. The highest BCUT2D eigenvalue weighted by Crippen LogP contribution is 2.50. The van der Waals surface area contributed by atoms with Gasteiger partial charge in [0.25, 0.3) is 0 Å². The molecule has 8 nitrogen and oxygen atoms in total. The van der Waals surface area contributed by atoms with Crippen molar-refractivity contribution in [3.63, 3.8) is 0 Å². The van der Waals surface area contributed by atoms with Crippen molar-refractivity contribution in [1.82, 2.24) is 0 Å². The molecule has 1 aliphatic heterocycles. The highest BCUT2D eigenvalue weighted by Gasteiger charge is 2.57. The second kappa shape index (κ2) is 22.6. The third kappa shape index (κ3) is 18.4. The van der Waals surface area contributed by atoms with Gasteiger partial charge >= 0.3 is 5.97 Å². The third-order valence-corrected chi connectivity index (χ3v) is 11.0. The first-order valence-corrected chi connectivity index (χ1v) is 20.7. The van der Waals surface area contributed by atoms with E-state index in [-0.39, 0.29) is 35.9 Å². The predicted molar refractivity (Wildman–Crippen MR) is 209 cm³/mol. The van der Waals surface area contributed by atoms with E-state index in [9.17, 15) is 9.90 Å². The summed E-state index contributed by atoms with van der Waals surface area (Å²) in [7, 11) is 0. The van der Waals surface area contributed by atoms with Crippen molar-refractivity contribution in [2.75, 3.05) is 33.0 Å². The first-order chi connectivity index (χ1) is 23.6. The minimum atomic E-state index is -0.822. The molecule has 1 heterocycles. The van der Waals surface area contributed by atoms with Gasteiger partial charge in [-0.3, -0.25) is 4.79 Å². The Morgan fingerprint density at radius 1 is 0.745 bits per heavy atom. The average molecular weight is 729 g/mol. The van der Waals surface area contributed by atoms with E-state index in [1.165, 1.54) is 44.9 Å². The number of carbonyl (C=O) groups excluding carboxylic acids is 1. The van der Waals surface area contributed by atoms with E-state index in [2.05, 4.69) is 62.3 Å². The van der Waals surface area contributed by atoms with Crippen molar-refractivity contribution in [3.05, 3.63) is 0 Å². The Bertz CT molecular complexity index is 937. The lowest BCUT2D eigenvalue weighted by molar-refractivity contribution is -0.170. The molecule has 1 N–H and O–H groups in total. The number of esters is 1. The van der Waals surface area contributed by atoms with Gasteiger partial charge in [-0.1, -0.05) is 58.3 Å². The minimum Gasteiger partial charge on any atom is -0.463 e. The van der Waals surface area contributed by atoms with Crippen molar-refractivity contribution in [2.24, 2.45) is 17.8 Å². The quantitative estimate of drug-likeness (QED) is 0.0601. The Hall–Kier alpha value is -0.770. The molecule has 51 heavy (non-hydrogen) atoms. The maximum Gasteiger partial charge on any atom is 0.306 e. The molecule has 8 heteroatoms. The molecule has 304 valence electrons. The van der Waals surface area contributed by atoms with E-state index in [4.69, 9.17) is 28.4 Å². The van der Waals surface area contributed by atoms with Crippen LogP contribution in [0.5, 0.6) is 0 Å². The molecule has 0 aromatic carbocycles. The Kier molecular flexibility index (Phi) is 21.4. The Labute approximate surface area is 315 Å². The SMILES string of the molecule is CCCCCCCCCCCC(=O)OC(C)CCOC(C)(C)CC(C1OCC(C(C)(C)OCC)C1C(C)(C)OCC)C(C)(C)OCCC(C)(C)O. The lowest BCUT2D eigenvalue weighted by Crippen LogP contribution is -2.55. The summed E-state index contributed by atoms with van der Waals surface area (Å²) in [5.74, 6) is -0.0374. The molecule has 1 fully saturated rings. The Morgan fingerprint density at radius 2 is 1.29 bits per heavy atom. The van der Waals surface area contributed by atoms with Crippen LogP contribution in [0.25, 0.3) is 0 Å². The molecule has 0 aromatic rings. The Morgan fingerprint density at radius 3 is 1.84 bits per heavy atom. The summed E-state index contributed by atoms with van der Waals surface area (Å²) in [6.07, 6.45) is 13.0. The minimum absolute atomic E-state index is 0.0298. The van der Waals surface area contributed by atoms with E-state index < -0.39 is 28.0 Å². The third-order valence-electron chi connectivity index (χ3n) is 11.0. The molecule has 5 unspecified atom stereocenters. The summed E-state index contributed by atoms with van der Waals surface area (Å²) in [6.45, 7) is 31.9. The lowest BCUT2D eigenvalue weighted by Gasteiger charge is -2.48. The predicted octanol–water partition coefficient (Wildman–Crippen LogP) is 10.2. The zero-order valence-corrected chi connectivity index (χ0v) is 35.9. The van der Waals surface area contributed by atoms with Crippen molar-refractivity contribution >= 4 is 5.97 Å². The van der Waals surface area contributed by atoms with Gasteiger partial charge in [-0.05, 0) is 109 Å². The monoisotopic (exact) mass is 729 g/mol. The first-order valence-electron chi connectivity index (χ1n) is 20.7. The fourth-order valence-corrected chi connectivity index (χ4v) is 7.92. The van der Waals surface area contributed by atoms with E-state index in [0.717, 1.165) is 12.8 Å². The summed E-state index contributed by atoms with van der Waals surface area (Å²) >= 11 is 0. The molecule has 5 atom stereocenters. The topological polar surface area (TPSA) is 92.7 Å². The molecule has 0 saturated carbocycles. The number of rotatable bonds is 29. The van der Waals surface area contributed by atoms with Gasteiger partial charge in [0.15, 0.2) is 0 Å². The molecule has 1 aliphatic rings. The van der Waals surface area contributed by atoms with Crippen LogP contribution in [0.1, 0.15) is 180 Å². The fraction of sp³-hybridized carbons (Fsp3) is 0.977. The second-order valence-electron chi connectivity index (χ2n) is 18.1. The Balaban J connectivity index is 2.99. The summed E-state index contributed by atoms with van der Waals surface area (Å²) in [5, 5.41) is 10.4. The van der Waals surface area contributed by atoms with E-state index in [1.54, 1.807) is 0 Å². The molecule has 0 spiro atoms. The summed E-state index contributed by atoms with van der Waals surface area (Å²) < 4.78 is 38.6. The number of hydrogen-bond donors (Lipinski definition) is 1. The van der Waals surface area contributed by atoms with Crippen LogP contribution >= 0.6 is 0 Å². The highest BCUT2D eigenvalue weighted by atomic mass is 16.6. The van der Waals surface area contributed by atoms with Crippen LogP contribution in [0, 0.1) is 17.8 Å². The molecule has 1 saturated heterocycles. The number of aliphatic hydroxyl groups is 1. The van der Waals surface area contributed by atoms with Crippen LogP contribution in [0.15, 0.2) is 0 Å². The molecule has 0 amide bonds. The van der Waals surface area contributed by atoms with E-state index >= 15 is 0 Å². The van der Waals surface area contributed by atoms with Gasteiger partial charge in [-0.15, -0.1) is 0 Å². The van der Waals surface area contributed by atoms with Crippen molar-refractivity contribution in [1.29, 1.82) is 0 Å². The zero-order chi connectivity index (χ0) is 38.9. The maximum absolute atomic E-state index is 12.5. The van der Waals surface area contributed by atoms with Gasteiger partial charge in [-0.25, -0.2) is 0 Å². The summed E-state index contributed by atoms with van der Waals surface area (Å²) in [4.78, 5) is 12.5. The molecular formula is C43H84O8. The number of ether oxygens (including phenoxy) is 6. The summed E-state index contributed by atoms with van der Waals surface area (Å²) in [5.41, 5.74) is -2.82. The van der Waals surface area contributed by atoms with Crippen LogP contribution in [0.2, 0.25) is 0 Å². The molecule has 0 aromatic heterocycles. The van der Waals surface area contributed by atoms with Crippen molar-refractivity contribution in [2.45, 2.75) is 221 Å². The molecule has 1 rings (SSSR count). The van der Waals surface area contributed by atoms with Crippen LogP contribution < -0.4 is 0 Å². The van der Waals surface area contributed by atoms with Crippen LogP contribution in [-0.4, -0.2) is 84.3 Å². The largest absolute Gasteiger partial charge is 0.463 e. The van der Waals surface area contributed by atoms with Crippen LogP contribution in [-0.2, 0) is 33.2 Å². The van der Waals surface area contributed by atoms with Gasteiger partial charge in [0, 0.05) is 43.8 Å². The summed E-state index contributed by atoms with van der Waals surface area (Å²) in [6, 6.07) is 0. The van der Waals surface area contributed by atoms with Gasteiger partial charge in [-0.2, -0.15) is 0 Å². The van der Waals surface area contributed by atoms with Gasteiger partial charge in [0.05, 0.1) is 53.9 Å². The maximum atomic E-state index is 12.5. The average Bonchev–Trinajstić information content (AvgIpc) is 3.45. The number of carbonyl (C=O) groups is 1. The second-order valence-corrected chi connectivity index (χ2v) is 18.1. The molecular weight excluding hydrogens is 644 g/mol. The standard InChI is InChI=1S/C43H84O8/c1-15-18-19-20-21-22-23-24-25-26-36(44)51-33(4)27-29-49-40(7,8)31-34(41(9,10)50-30-28-39(5,6)45)38-37(43(13,14)48-17-3)35(32-46-38)42(11,12)47-16-2/h33-35,37-38,45H,15-32H2,1-14H3.